The highest BCUT2D eigenvalue weighted by molar-refractivity contribution is 5.81. The molecule has 1 aromatic carbocycles. The molecule has 0 bridgehead atoms. The quantitative estimate of drug-likeness (QED) is 0.604. The van der Waals surface area contributed by atoms with Gasteiger partial charge in [-0.15, -0.1) is 0 Å². The molecular weight excluding hydrogens is 192 g/mol. The molecule has 1 rings (SSSR count). The predicted octanol–water partition coefficient (Wildman–Crippen LogP) is 1.84. The van der Waals surface area contributed by atoms with Gasteiger partial charge in [0.2, 0.25) is 0 Å². The molecule has 0 aliphatic rings. The van der Waals surface area contributed by atoms with Crippen molar-refractivity contribution < 1.29 is 14.6 Å². The first-order chi connectivity index (χ1) is 7.24. The van der Waals surface area contributed by atoms with Crippen LogP contribution in [0.3, 0.4) is 0 Å². The Hall–Kier alpha value is -1.61. The molecule has 3 nitrogen and oxygen atoms in total. The third kappa shape index (κ3) is 3.95. The summed E-state index contributed by atoms with van der Waals surface area (Å²) in [6.45, 7) is 2.07. The van der Waals surface area contributed by atoms with E-state index in [9.17, 15) is 9.90 Å². The van der Waals surface area contributed by atoms with Crippen LogP contribution in [0.1, 0.15) is 18.6 Å². The Bertz CT molecular complexity index is 330. The first kappa shape index (κ1) is 11.5. The molecule has 0 saturated heterocycles. The fourth-order valence-corrected chi connectivity index (χ4v) is 1.12. The van der Waals surface area contributed by atoms with Crippen LogP contribution in [0.4, 0.5) is 0 Å². The highest BCUT2D eigenvalue weighted by Gasteiger charge is 2.02. The molecule has 80 valence electrons. The van der Waals surface area contributed by atoms with Gasteiger partial charge in [-0.3, -0.25) is 0 Å². The molecule has 1 atom stereocenters. The van der Waals surface area contributed by atoms with E-state index in [4.69, 9.17) is 4.74 Å². The summed E-state index contributed by atoms with van der Waals surface area (Å²) in [6, 6.07) is 9.11. The van der Waals surface area contributed by atoms with Gasteiger partial charge in [0, 0.05) is 6.08 Å². The molecule has 0 aliphatic carbocycles. The zero-order valence-corrected chi connectivity index (χ0v) is 8.59. The number of esters is 1. The number of carbonyl (C=O) groups is 1. The van der Waals surface area contributed by atoms with Gasteiger partial charge in [0.05, 0.1) is 12.7 Å². The number of aliphatic hydroxyl groups is 1. The zero-order valence-electron chi connectivity index (χ0n) is 8.59. The third-order valence-electron chi connectivity index (χ3n) is 1.84. The van der Waals surface area contributed by atoms with E-state index in [2.05, 4.69) is 0 Å². The van der Waals surface area contributed by atoms with E-state index >= 15 is 0 Å². The number of hydrogen-bond donors (Lipinski definition) is 1. The minimum absolute atomic E-state index is 0.338. The number of aliphatic hydroxyl groups excluding tert-OH is 1. The highest BCUT2D eigenvalue weighted by atomic mass is 16.5. The van der Waals surface area contributed by atoms with Crippen LogP contribution in [0, 0.1) is 0 Å². The lowest BCUT2D eigenvalue weighted by molar-refractivity contribution is -0.137. The number of ether oxygens (including phenoxy) is 1. The summed E-state index contributed by atoms with van der Waals surface area (Å²) in [5.41, 5.74) is 0.748. The minimum Gasteiger partial charge on any atom is -0.463 e. The molecule has 0 heterocycles. The van der Waals surface area contributed by atoms with Crippen molar-refractivity contribution in [1.29, 1.82) is 0 Å². The fraction of sp³-hybridized carbons (Fsp3) is 0.250. The Balaban J connectivity index is 2.56. The number of benzene rings is 1. The van der Waals surface area contributed by atoms with Gasteiger partial charge >= 0.3 is 5.97 Å². The smallest absolute Gasteiger partial charge is 0.330 e. The van der Waals surface area contributed by atoms with Gasteiger partial charge in [0.1, 0.15) is 0 Å². The van der Waals surface area contributed by atoms with Crippen molar-refractivity contribution in [1.82, 2.24) is 0 Å². The fourth-order valence-electron chi connectivity index (χ4n) is 1.12. The summed E-state index contributed by atoms with van der Waals surface area (Å²) in [6.07, 6.45) is 1.88. The molecule has 0 spiro atoms. The minimum atomic E-state index is -0.768. The summed E-state index contributed by atoms with van der Waals surface area (Å²) in [5, 5.41) is 9.64. The van der Waals surface area contributed by atoms with E-state index < -0.39 is 12.1 Å². The van der Waals surface area contributed by atoms with Crippen LogP contribution < -0.4 is 0 Å². The van der Waals surface area contributed by atoms with Crippen LogP contribution in [-0.2, 0) is 9.53 Å². The lowest BCUT2D eigenvalue weighted by Gasteiger charge is -2.04. The Morgan fingerprint density at radius 3 is 2.73 bits per heavy atom. The van der Waals surface area contributed by atoms with Gasteiger partial charge in [0.15, 0.2) is 0 Å². The van der Waals surface area contributed by atoms with Gasteiger partial charge in [-0.05, 0) is 18.6 Å². The molecule has 0 aromatic heterocycles. The Labute approximate surface area is 89.0 Å². The summed E-state index contributed by atoms with van der Waals surface area (Å²) in [5.74, 6) is -0.438. The van der Waals surface area contributed by atoms with Crippen molar-refractivity contribution >= 4 is 5.97 Å². The Morgan fingerprint density at radius 1 is 1.47 bits per heavy atom. The van der Waals surface area contributed by atoms with Gasteiger partial charge in [-0.2, -0.15) is 0 Å². The second kappa shape index (κ2) is 5.98. The van der Waals surface area contributed by atoms with Gasteiger partial charge < -0.3 is 9.84 Å². The molecule has 0 unspecified atom stereocenters. The molecule has 3 heteroatoms. The van der Waals surface area contributed by atoms with E-state index in [1.165, 1.54) is 12.2 Å². The van der Waals surface area contributed by atoms with E-state index in [1.807, 2.05) is 18.2 Å². The zero-order chi connectivity index (χ0) is 11.1. The number of carbonyl (C=O) groups excluding carboxylic acids is 1. The van der Waals surface area contributed by atoms with Crippen molar-refractivity contribution in [2.45, 2.75) is 13.0 Å². The lowest BCUT2D eigenvalue weighted by atomic mass is 10.1. The summed E-state index contributed by atoms with van der Waals surface area (Å²) in [4.78, 5) is 11.0. The van der Waals surface area contributed by atoms with Crippen LogP contribution in [0.15, 0.2) is 42.5 Å². The van der Waals surface area contributed by atoms with Crippen molar-refractivity contribution in [2.75, 3.05) is 6.61 Å². The van der Waals surface area contributed by atoms with Gasteiger partial charge in [-0.25, -0.2) is 4.79 Å². The molecule has 15 heavy (non-hydrogen) atoms. The molecular formula is C12H14O3. The van der Waals surface area contributed by atoms with Crippen LogP contribution in [-0.4, -0.2) is 17.7 Å². The van der Waals surface area contributed by atoms with E-state index in [0.717, 1.165) is 5.56 Å². The molecule has 0 saturated carbocycles. The summed E-state index contributed by atoms with van der Waals surface area (Å²) < 4.78 is 4.69. The standard InChI is InChI=1S/C12H14O3/c1-2-15-12(14)9-8-11(13)10-6-4-3-5-7-10/h3-9,11,13H,2H2,1H3/b9-8+/t11-/m0/s1. The lowest BCUT2D eigenvalue weighted by Crippen LogP contribution is -2.00. The first-order valence-corrected chi connectivity index (χ1v) is 4.82. The third-order valence-corrected chi connectivity index (χ3v) is 1.84. The molecule has 1 aromatic rings. The van der Waals surface area contributed by atoms with Gasteiger partial charge in [-0.1, -0.05) is 30.3 Å². The maximum absolute atomic E-state index is 11.0. The average Bonchev–Trinajstić information content (AvgIpc) is 2.27. The Kier molecular flexibility index (Phi) is 4.57. The van der Waals surface area contributed by atoms with Crippen molar-refractivity contribution in [3.63, 3.8) is 0 Å². The largest absolute Gasteiger partial charge is 0.463 e. The maximum atomic E-state index is 11.0. The van der Waals surface area contributed by atoms with Gasteiger partial charge in [0.25, 0.3) is 0 Å². The maximum Gasteiger partial charge on any atom is 0.330 e. The summed E-state index contributed by atoms with van der Waals surface area (Å²) in [7, 11) is 0. The average molecular weight is 206 g/mol. The number of rotatable bonds is 4. The molecule has 1 N–H and O–H groups in total. The van der Waals surface area contributed by atoms with Crippen LogP contribution in [0.2, 0.25) is 0 Å². The SMILES string of the molecule is CCOC(=O)/C=C/[C@H](O)c1ccccc1. The predicted molar refractivity (Wildman–Crippen MR) is 57.2 cm³/mol. The van der Waals surface area contributed by atoms with E-state index in [1.54, 1.807) is 19.1 Å². The summed E-state index contributed by atoms with van der Waals surface area (Å²) >= 11 is 0. The van der Waals surface area contributed by atoms with Crippen LogP contribution >= 0.6 is 0 Å². The normalized spacial score (nSPS) is 12.7. The van der Waals surface area contributed by atoms with E-state index in [0.29, 0.717) is 6.61 Å². The van der Waals surface area contributed by atoms with Crippen LogP contribution in [0.5, 0.6) is 0 Å². The monoisotopic (exact) mass is 206 g/mol. The van der Waals surface area contributed by atoms with E-state index in [-0.39, 0.29) is 0 Å². The van der Waals surface area contributed by atoms with Crippen molar-refractivity contribution in [3.8, 4) is 0 Å². The second-order valence-electron chi connectivity index (χ2n) is 2.97. The molecule has 0 fully saturated rings. The highest BCUT2D eigenvalue weighted by Crippen LogP contribution is 2.12. The van der Waals surface area contributed by atoms with Crippen LogP contribution in [0.25, 0.3) is 0 Å². The second-order valence-corrected chi connectivity index (χ2v) is 2.97. The molecule has 0 amide bonds. The van der Waals surface area contributed by atoms with Crippen molar-refractivity contribution in [3.05, 3.63) is 48.0 Å². The molecule has 0 radical (unpaired) electrons. The topological polar surface area (TPSA) is 46.5 Å². The Morgan fingerprint density at radius 2 is 2.13 bits per heavy atom. The van der Waals surface area contributed by atoms with Crippen molar-refractivity contribution in [2.24, 2.45) is 0 Å². The molecule has 0 aliphatic heterocycles. The number of hydrogen-bond acceptors (Lipinski definition) is 3. The first-order valence-electron chi connectivity index (χ1n) is 4.82.